The lowest BCUT2D eigenvalue weighted by Gasteiger charge is -2.29. The van der Waals surface area contributed by atoms with E-state index in [0.29, 0.717) is 15.2 Å². The van der Waals surface area contributed by atoms with Crippen molar-refractivity contribution in [2.75, 3.05) is 4.90 Å². The van der Waals surface area contributed by atoms with Crippen molar-refractivity contribution in [2.24, 2.45) is 0 Å². The molecule has 1 heterocycles. The zero-order valence-electron chi connectivity index (χ0n) is 12.8. The Morgan fingerprint density at radius 3 is 2.62 bits per heavy atom. The summed E-state index contributed by atoms with van der Waals surface area (Å²) in [5.41, 5.74) is 0.546. The molecule has 2 N–H and O–H groups in total. The Morgan fingerprint density at radius 1 is 1.19 bits per heavy atom. The fourth-order valence-electron chi connectivity index (χ4n) is 2.36. The highest BCUT2D eigenvalue weighted by Gasteiger charge is 2.34. The van der Waals surface area contributed by atoms with Crippen LogP contribution in [0.2, 0.25) is 5.02 Å². The van der Waals surface area contributed by atoms with Gasteiger partial charge < -0.3 is 5.11 Å². The van der Waals surface area contributed by atoms with Gasteiger partial charge in [-0.1, -0.05) is 33.6 Å². The summed E-state index contributed by atoms with van der Waals surface area (Å²) in [6.45, 7) is 0. The molecule has 1 aliphatic heterocycles. The topological polar surface area (TPSA) is 69.6 Å². The number of phenolic OH excluding ortho intramolecular Hbond substituents is 1. The third-order valence-corrected chi connectivity index (χ3v) is 5.13. The normalized spacial score (nSPS) is 16.2. The summed E-state index contributed by atoms with van der Waals surface area (Å²) in [6.07, 6.45) is 1.27. The molecule has 2 amide bonds. The molecule has 3 rings (SSSR count). The predicted molar refractivity (Wildman–Crippen MR) is 111 cm³/mol. The highest BCUT2D eigenvalue weighted by Crippen LogP contribution is 2.33. The third kappa shape index (κ3) is 3.68. The standard InChI is InChI=1S/C17H9Br2ClN2O3S/c18-9-2-1-3-11(6-9)22-16(25)12(15(24)21-17(22)26)5-8-4-10(20)7-13(19)14(8)23/h1-7,23H,(H,21,24,26)/b12-5-. The van der Waals surface area contributed by atoms with Crippen LogP contribution in [-0.4, -0.2) is 22.0 Å². The van der Waals surface area contributed by atoms with E-state index in [0.717, 1.165) is 4.47 Å². The van der Waals surface area contributed by atoms with Crippen molar-refractivity contribution in [3.63, 3.8) is 0 Å². The second-order valence-electron chi connectivity index (χ2n) is 5.26. The van der Waals surface area contributed by atoms with Crippen molar-refractivity contribution in [2.45, 2.75) is 0 Å². The van der Waals surface area contributed by atoms with Crippen LogP contribution in [0.25, 0.3) is 6.08 Å². The molecule has 2 aromatic rings. The molecule has 0 spiro atoms. The van der Waals surface area contributed by atoms with Crippen LogP contribution in [-0.2, 0) is 9.59 Å². The number of amides is 2. The van der Waals surface area contributed by atoms with Crippen LogP contribution in [0.3, 0.4) is 0 Å². The molecule has 132 valence electrons. The first-order valence-corrected chi connectivity index (χ1v) is 9.50. The SMILES string of the molecule is O=C1NC(=S)N(c2cccc(Br)c2)C(=O)/C1=C\c1cc(Cl)cc(Br)c1O. The van der Waals surface area contributed by atoms with Crippen molar-refractivity contribution in [1.82, 2.24) is 5.32 Å². The Labute approximate surface area is 175 Å². The van der Waals surface area contributed by atoms with Crippen LogP contribution in [0.4, 0.5) is 5.69 Å². The van der Waals surface area contributed by atoms with E-state index in [1.807, 2.05) is 0 Å². The van der Waals surface area contributed by atoms with Crippen molar-refractivity contribution in [3.05, 3.63) is 61.5 Å². The highest BCUT2D eigenvalue weighted by atomic mass is 79.9. The molecule has 2 aromatic carbocycles. The number of hydrogen-bond acceptors (Lipinski definition) is 4. The largest absolute Gasteiger partial charge is 0.506 e. The molecule has 0 bridgehead atoms. The van der Waals surface area contributed by atoms with Gasteiger partial charge in [-0.05, 0) is 64.6 Å². The van der Waals surface area contributed by atoms with Crippen LogP contribution >= 0.6 is 55.7 Å². The van der Waals surface area contributed by atoms with Crippen LogP contribution in [0, 0.1) is 0 Å². The summed E-state index contributed by atoms with van der Waals surface area (Å²) in [7, 11) is 0. The molecular formula is C17H9Br2ClN2O3S. The van der Waals surface area contributed by atoms with Crippen molar-refractivity contribution < 1.29 is 14.7 Å². The van der Waals surface area contributed by atoms with Gasteiger partial charge in [0.1, 0.15) is 11.3 Å². The summed E-state index contributed by atoms with van der Waals surface area (Å²) < 4.78 is 1.10. The average Bonchev–Trinajstić information content (AvgIpc) is 2.55. The molecule has 0 aromatic heterocycles. The first-order valence-electron chi connectivity index (χ1n) is 7.13. The minimum absolute atomic E-state index is 0.0215. The summed E-state index contributed by atoms with van der Waals surface area (Å²) in [5.74, 6) is -1.39. The number of thiocarbonyl (C=S) groups is 1. The third-order valence-electron chi connectivity index (χ3n) is 3.53. The minimum atomic E-state index is -0.651. The summed E-state index contributed by atoms with van der Waals surface area (Å²) in [4.78, 5) is 26.4. The molecule has 5 nitrogen and oxygen atoms in total. The van der Waals surface area contributed by atoms with Gasteiger partial charge in [0.15, 0.2) is 5.11 Å². The minimum Gasteiger partial charge on any atom is -0.506 e. The molecule has 0 unspecified atom stereocenters. The number of benzene rings is 2. The van der Waals surface area contributed by atoms with Gasteiger partial charge in [-0.3, -0.25) is 19.8 Å². The molecule has 0 aliphatic carbocycles. The van der Waals surface area contributed by atoms with Gasteiger partial charge in [0, 0.05) is 15.1 Å². The number of rotatable bonds is 2. The molecule has 0 atom stereocenters. The Bertz CT molecular complexity index is 994. The Hall–Kier alpha value is -1.74. The molecule has 1 saturated heterocycles. The van der Waals surface area contributed by atoms with Crippen molar-refractivity contribution in [1.29, 1.82) is 0 Å². The van der Waals surface area contributed by atoms with E-state index >= 15 is 0 Å². The van der Waals surface area contributed by atoms with E-state index in [2.05, 4.69) is 37.2 Å². The Balaban J connectivity index is 2.09. The van der Waals surface area contributed by atoms with Gasteiger partial charge in [-0.25, -0.2) is 0 Å². The van der Waals surface area contributed by atoms with Gasteiger partial charge in [-0.2, -0.15) is 0 Å². The number of halogens is 3. The molecule has 0 saturated carbocycles. The quantitative estimate of drug-likeness (QED) is 0.353. The lowest BCUT2D eigenvalue weighted by molar-refractivity contribution is -0.122. The number of nitrogens with zero attached hydrogens (tertiary/aromatic N) is 1. The number of hydrogen-bond donors (Lipinski definition) is 2. The number of nitrogens with one attached hydrogen (secondary N) is 1. The van der Waals surface area contributed by atoms with Crippen LogP contribution in [0.5, 0.6) is 5.75 Å². The number of phenols is 1. The molecular weight excluding hydrogens is 508 g/mol. The smallest absolute Gasteiger partial charge is 0.270 e. The molecule has 1 fully saturated rings. The number of anilines is 1. The van der Waals surface area contributed by atoms with Gasteiger partial charge in [-0.15, -0.1) is 0 Å². The lowest BCUT2D eigenvalue weighted by atomic mass is 10.1. The summed E-state index contributed by atoms with van der Waals surface area (Å²) in [5, 5.41) is 13.0. The Kier molecular flexibility index (Phi) is 5.47. The summed E-state index contributed by atoms with van der Waals surface area (Å²) in [6, 6.07) is 9.90. The number of carbonyl (C=O) groups is 2. The molecule has 9 heteroatoms. The average molecular weight is 517 g/mol. The van der Waals surface area contributed by atoms with Crippen LogP contribution in [0.15, 0.2) is 50.9 Å². The number of aromatic hydroxyl groups is 1. The van der Waals surface area contributed by atoms with Gasteiger partial charge in [0.05, 0.1) is 10.2 Å². The van der Waals surface area contributed by atoms with E-state index in [-0.39, 0.29) is 22.0 Å². The fourth-order valence-corrected chi connectivity index (χ4v) is 3.86. The number of carbonyl (C=O) groups excluding carboxylic acids is 2. The maximum absolute atomic E-state index is 12.9. The van der Waals surface area contributed by atoms with E-state index in [1.54, 1.807) is 24.3 Å². The predicted octanol–water partition coefficient (Wildman–Crippen LogP) is 4.40. The molecule has 1 aliphatic rings. The van der Waals surface area contributed by atoms with Gasteiger partial charge in [0.2, 0.25) is 0 Å². The first-order chi connectivity index (χ1) is 12.3. The fraction of sp³-hybridized carbons (Fsp3) is 0. The Morgan fingerprint density at radius 2 is 1.92 bits per heavy atom. The van der Waals surface area contributed by atoms with Crippen molar-refractivity contribution >= 4 is 84.4 Å². The summed E-state index contributed by atoms with van der Waals surface area (Å²) >= 11 is 17.6. The van der Waals surface area contributed by atoms with Crippen molar-refractivity contribution in [3.8, 4) is 5.75 Å². The maximum atomic E-state index is 12.9. The van der Waals surface area contributed by atoms with Crippen LogP contribution < -0.4 is 10.2 Å². The lowest BCUT2D eigenvalue weighted by Crippen LogP contribution is -2.54. The first kappa shape index (κ1) is 19.0. The second-order valence-corrected chi connectivity index (χ2v) is 7.86. The molecule has 0 radical (unpaired) electrons. The van der Waals surface area contributed by atoms with E-state index in [1.165, 1.54) is 23.1 Å². The second kappa shape index (κ2) is 7.48. The zero-order chi connectivity index (χ0) is 19.0. The van der Waals surface area contributed by atoms with E-state index in [4.69, 9.17) is 23.8 Å². The zero-order valence-corrected chi connectivity index (χ0v) is 17.5. The highest BCUT2D eigenvalue weighted by molar-refractivity contribution is 9.10. The van der Waals surface area contributed by atoms with Gasteiger partial charge in [0.25, 0.3) is 11.8 Å². The monoisotopic (exact) mass is 514 g/mol. The van der Waals surface area contributed by atoms with E-state index < -0.39 is 11.8 Å². The molecule has 26 heavy (non-hydrogen) atoms. The van der Waals surface area contributed by atoms with Crippen LogP contribution in [0.1, 0.15) is 5.56 Å². The van der Waals surface area contributed by atoms with E-state index in [9.17, 15) is 14.7 Å². The maximum Gasteiger partial charge on any atom is 0.270 e. The van der Waals surface area contributed by atoms with Gasteiger partial charge >= 0.3 is 0 Å².